The van der Waals surface area contributed by atoms with E-state index in [4.69, 9.17) is 11.1 Å². The number of rotatable bonds is 3. The molecule has 2 aromatic carbocycles. The van der Waals surface area contributed by atoms with Gasteiger partial charge in [0.2, 0.25) is 5.95 Å². The molecule has 0 bridgehead atoms. The summed E-state index contributed by atoms with van der Waals surface area (Å²) in [5, 5.41) is 10.6. The first kappa shape index (κ1) is 11.3. The Morgan fingerprint density at radius 3 is 2.68 bits per heavy atom. The molecule has 0 atom stereocenters. The van der Waals surface area contributed by atoms with Crippen molar-refractivity contribution in [1.29, 1.82) is 5.41 Å². The summed E-state index contributed by atoms with van der Waals surface area (Å²) in [7, 11) is 0. The van der Waals surface area contributed by atoms with Gasteiger partial charge in [-0.3, -0.25) is 5.41 Å². The van der Waals surface area contributed by atoms with E-state index in [1.165, 1.54) is 0 Å². The molecule has 5 nitrogen and oxygen atoms in total. The van der Waals surface area contributed by atoms with E-state index in [-0.39, 0.29) is 5.84 Å². The van der Waals surface area contributed by atoms with Crippen molar-refractivity contribution in [3.05, 3.63) is 54.1 Å². The van der Waals surface area contributed by atoms with Crippen LogP contribution in [0.4, 0.5) is 11.6 Å². The molecule has 0 saturated carbocycles. The fourth-order valence-electron chi connectivity index (χ4n) is 1.89. The van der Waals surface area contributed by atoms with Gasteiger partial charge in [0.25, 0.3) is 0 Å². The van der Waals surface area contributed by atoms with E-state index in [2.05, 4.69) is 15.3 Å². The lowest BCUT2D eigenvalue weighted by molar-refractivity contribution is 1.31. The number of imidazole rings is 1. The molecule has 0 spiro atoms. The van der Waals surface area contributed by atoms with Crippen LogP contribution in [-0.2, 0) is 0 Å². The number of benzene rings is 2. The van der Waals surface area contributed by atoms with Crippen LogP contribution in [0.5, 0.6) is 0 Å². The Bertz CT molecular complexity index is 730. The highest BCUT2D eigenvalue weighted by Gasteiger charge is 2.05. The van der Waals surface area contributed by atoms with Crippen LogP contribution in [0.2, 0.25) is 0 Å². The first-order chi connectivity index (χ1) is 9.22. The summed E-state index contributed by atoms with van der Waals surface area (Å²) in [6.45, 7) is 0. The highest BCUT2D eigenvalue weighted by molar-refractivity contribution is 5.98. The maximum atomic E-state index is 7.42. The summed E-state index contributed by atoms with van der Waals surface area (Å²) < 4.78 is 0. The summed E-state index contributed by atoms with van der Waals surface area (Å²) in [5.41, 5.74) is 8.81. The number of hydrogen-bond acceptors (Lipinski definition) is 3. The Kier molecular flexibility index (Phi) is 2.64. The molecule has 5 heteroatoms. The van der Waals surface area contributed by atoms with Crippen LogP contribution in [0.25, 0.3) is 11.0 Å². The van der Waals surface area contributed by atoms with Crippen molar-refractivity contribution in [2.75, 3.05) is 5.32 Å². The van der Waals surface area contributed by atoms with Crippen LogP contribution in [-0.4, -0.2) is 15.8 Å². The predicted octanol–water partition coefficient (Wildman–Crippen LogP) is 2.59. The van der Waals surface area contributed by atoms with Crippen molar-refractivity contribution in [2.24, 2.45) is 5.73 Å². The lowest BCUT2D eigenvalue weighted by atomic mass is 10.2. The molecular weight excluding hydrogens is 238 g/mol. The Labute approximate surface area is 110 Å². The second kappa shape index (κ2) is 4.45. The highest BCUT2D eigenvalue weighted by Crippen LogP contribution is 2.19. The number of amidine groups is 1. The zero-order chi connectivity index (χ0) is 13.2. The summed E-state index contributed by atoms with van der Waals surface area (Å²) >= 11 is 0. The van der Waals surface area contributed by atoms with Gasteiger partial charge in [-0.25, -0.2) is 4.98 Å². The van der Waals surface area contributed by atoms with Gasteiger partial charge in [0.1, 0.15) is 5.84 Å². The van der Waals surface area contributed by atoms with Crippen LogP contribution < -0.4 is 11.1 Å². The van der Waals surface area contributed by atoms with Crippen LogP contribution in [0.1, 0.15) is 5.56 Å². The topological polar surface area (TPSA) is 90.6 Å². The molecule has 1 aromatic heterocycles. The number of nitrogen functional groups attached to an aromatic ring is 1. The molecule has 3 aromatic rings. The molecule has 0 radical (unpaired) electrons. The number of nitrogens with zero attached hydrogens (tertiary/aromatic N) is 1. The average Bonchev–Trinajstić information content (AvgIpc) is 2.80. The minimum Gasteiger partial charge on any atom is -0.384 e. The zero-order valence-electron chi connectivity index (χ0n) is 10.1. The maximum absolute atomic E-state index is 7.42. The SMILES string of the molecule is N=C(N)c1ccc2nc(Nc3ccccc3)[nH]c2c1. The Morgan fingerprint density at radius 2 is 1.95 bits per heavy atom. The van der Waals surface area contributed by atoms with Crippen molar-refractivity contribution >= 4 is 28.5 Å². The average molecular weight is 251 g/mol. The zero-order valence-corrected chi connectivity index (χ0v) is 10.1. The molecule has 0 aliphatic carbocycles. The lowest BCUT2D eigenvalue weighted by Crippen LogP contribution is -2.10. The molecule has 3 rings (SSSR count). The van der Waals surface area contributed by atoms with Gasteiger partial charge < -0.3 is 16.0 Å². The fraction of sp³-hybridized carbons (Fsp3) is 0. The minimum atomic E-state index is 0.0501. The van der Waals surface area contributed by atoms with E-state index in [0.717, 1.165) is 16.7 Å². The highest BCUT2D eigenvalue weighted by atomic mass is 15.1. The first-order valence-electron chi connectivity index (χ1n) is 5.88. The second-order valence-corrected chi connectivity index (χ2v) is 4.22. The van der Waals surface area contributed by atoms with Gasteiger partial charge in [-0.15, -0.1) is 0 Å². The summed E-state index contributed by atoms with van der Waals surface area (Å²) in [6.07, 6.45) is 0. The third-order valence-electron chi connectivity index (χ3n) is 2.83. The molecule has 0 fully saturated rings. The molecule has 5 N–H and O–H groups in total. The molecule has 0 amide bonds. The van der Waals surface area contributed by atoms with E-state index >= 15 is 0 Å². The van der Waals surface area contributed by atoms with Gasteiger partial charge >= 0.3 is 0 Å². The Balaban J connectivity index is 1.95. The Morgan fingerprint density at radius 1 is 1.16 bits per heavy atom. The van der Waals surface area contributed by atoms with Crippen molar-refractivity contribution in [3.63, 3.8) is 0 Å². The molecule has 1 heterocycles. The number of hydrogen-bond donors (Lipinski definition) is 4. The number of nitrogens with one attached hydrogen (secondary N) is 3. The van der Waals surface area contributed by atoms with Crippen molar-refractivity contribution < 1.29 is 0 Å². The van der Waals surface area contributed by atoms with Gasteiger partial charge in [0, 0.05) is 11.3 Å². The van der Waals surface area contributed by atoms with Gasteiger partial charge in [0.15, 0.2) is 0 Å². The van der Waals surface area contributed by atoms with Gasteiger partial charge in [-0.1, -0.05) is 18.2 Å². The van der Waals surface area contributed by atoms with E-state index in [1.807, 2.05) is 42.5 Å². The number of para-hydroxylation sites is 1. The largest absolute Gasteiger partial charge is 0.384 e. The standard InChI is InChI=1S/C14H13N5/c15-13(16)9-6-7-11-12(8-9)19-14(18-11)17-10-4-2-1-3-5-10/h1-8H,(H3,15,16)(H2,17,18,19). The molecule has 94 valence electrons. The summed E-state index contributed by atoms with van der Waals surface area (Å²) in [5.74, 6) is 0.718. The van der Waals surface area contributed by atoms with Crippen molar-refractivity contribution in [1.82, 2.24) is 9.97 Å². The molecule has 0 saturated heterocycles. The molecular formula is C14H13N5. The number of aromatic amines is 1. The molecule has 19 heavy (non-hydrogen) atoms. The van der Waals surface area contributed by atoms with E-state index in [9.17, 15) is 0 Å². The summed E-state index contributed by atoms with van der Waals surface area (Å²) in [4.78, 5) is 7.60. The maximum Gasteiger partial charge on any atom is 0.205 e. The van der Waals surface area contributed by atoms with E-state index < -0.39 is 0 Å². The molecule has 0 aliphatic rings. The monoisotopic (exact) mass is 251 g/mol. The van der Waals surface area contributed by atoms with Gasteiger partial charge in [-0.2, -0.15) is 0 Å². The second-order valence-electron chi connectivity index (χ2n) is 4.22. The number of anilines is 2. The number of H-pyrrole nitrogens is 1. The van der Waals surface area contributed by atoms with Crippen LogP contribution in [0.3, 0.4) is 0 Å². The quantitative estimate of drug-likeness (QED) is 0.426. The summed E-state index contributed by atoms with van der Waals surface area (Å²) in [6, 6.07) is 15.3. The van der Waals surface area contributed by atoms with Crippen LogP contribution in [0.15, 0.2) is 48.5 Å². The van der Waals surface area contributed by atoms with Crippen LogP contribution in [0, 0.1) is 5.41 Å². The fourth-order valence-corrected chi connectivity index (χ4v) is 1.89. The third-order valence-corrected chi connectivity index (χ3v) is 2.83. The predicted molar refractivity (Wildman–Crippen MR) is 76.8 cm³/mol. The number of fused-ring (bicyclic) bond motifs is 1. The normalized spacial score (nSPS) is 10.5. The number of aromatic nitrogens is 2. The third kappa shape index (κ3) is 2.26. The van der Waals surface area contributed by atoms with Crippen molar-refractivity contribution in [3.8, 4) is 0 Å². The Hall–Kier alpha value is -2.82. The van der Waals surface area contributed by atoms with E-state index in [0.29, 0.717) is 11.5 Å². The molecule has 0 unspecified atom stereocenters. The van der Waals surface area contributed by atoms with Gasteiger partial charge in [0.05, 0.1) is 11.0 Å². The van der Waals surface area contributed by atoms with Crippen molar-refractivity contribution in [2.45, 2.75) is 0 Å². The van der Waals surface area contributed by atoms with Crippen LogP contribution >= 0.6 is 0 Å². The number of nitrogens with two attached hydrogens (primary N) is 1. The van der Waals surface area contributed by atoms with E-state index in [1.54, 1.807) is 6.07 Å². The lowest BCUT2D eigenvalue weighted by Gasteiger charge is -2.00. The smallest absolute Gasteiger partial charge is 0.205 e. The van der Waals surface area contributed by atoms with Gasteiger partial charge in [-0.05, 0) is 30.3 Å². The molecule has 0 aliphatic heterocycles. The first-order valence-corrected chi connectivity index (χ1v) is 5.88. The minimum absolute atomic E-state index is 0.0501.